The number of aliphatic hydroxyl groups excluding tert-OH is 1. The van der Waals surface area contributed by atoms with Gasteiger partial charge in [0.25, 0.3) is 0 Å². The van der Waals surface area contributed by atoms with Crippen LogP contribution in [0, 0.1) is 0 Å². The number of aliphatic hydroxyl groups is 1. The number of carbonyl (C=O) groups excluding carboxylic acids is 1. The Morgan fingerprint density at radius 2 is 2.41 bits per heavy atom. The van der Waals surface area contributed by atoms with Crippen molar-refractivity contribution in [2.24, 2.45) is 5.11 Å². The number of likely N-dealkylation sites (tertiary alicyclic amines) is 1. The van der Waals surface area contributed by atoms with Crippen LogP contribution in [-0.2, 0) is 4.74 Å². The molecule has 1 N–H and O–H groups in total. The minimum atomic E-state index is -0.655. The monoisotopic (exact) mass is 242 g/mol. The van der Waals surface area contributed by atoms with Gasteiger partial charge in [0.2, 0.25) is 0 Å². The summed E-state index contributed by atoms with van der Waals surface area (Å²) in [4.78, 5) is 15.7. The van der Waals surface area contributed by atoms with Crippen LogP contribution in [0.4, 0.5) is 4.79 Å². The molecule has 1 amide bonds. The average molecular weight is 242 g/mol. The number of rotatable bonds is 4. The van der Waals surface area contributed by atoms with Gasteiger partial charge in [-0.25, -0.2) is 4.79 Å². The number of nitrogens with zero attached hydrogens (tertiary/aromatic N) is 4. The number of azide groups is 1. The average Bonchev–Trinajstić information content (AvgIpc) is 2.29. The van der Waals surface area contributed by atoms with E-state index in [1.54, 1.807) is 0 Å². The van der Waals surface area contributed by atoms with E-state index in [0.717, 1.165) is 12.8 Å². The lowest BCUT2D eigenvalue weighted by molar-refractivity contribution is 0.0419. The second-order valence-electron chi connectivity index (χ2n) is 4.12. The molecule has 0 aromatic heterocycles. The first-order chi connectivity index (χ1) is 8.17. The third-order valence-electron chi connectivity index (χ3n) is 2.60. The summed E-state index contributed by atoms with van der Waals surface area (Å²) in [6.07, 6.45) is 1.07. The van der Waals surface area contributed by atoms with E-state index >= 15 is 0 Å². The Bertz CT molecular complexity index is 304. The minimum Gasteiger partial charge on any atom is -0.449 e. The zero-order valence-corrected chi connectivity index (χ0v) is 9.95. The summed E-state index contributed by atoms with van der Waals surface area (Å²) in [5.74, 6) is 0. The highest BCUT2D eigenvalue weighted by molar-refractivity contribution is 5.67. The van der Waals surface area contributed by atoms with Gasteiger partial charge in [-0.1, -0.05) is 18.5 Å². The fourth-order valence-electron chi connectivity index (χ4n) is 1.75. The molecule has 1 aliphatic rings. The number of β-amino-alcohol motifs (C(OH)–C–C–N with tert-alkyl or cyclic N) is 1. The zero-order chi connectivity index (χ0) is 12.7. The maximum absolute atomic E-state index is 11.6. The number of ether oxygens (including phenoxy) is 1. The molecule has 1 rings (SSSR count). The van der Waals surface area contributed by atoms with Gasteiger partial charge in [-0.15, -0.1) is 0 Å². The first kappa shape index (κ1) is 13.6. The van der Waals surface area contributed by atoms with Gasteiger partial charge in [-0.2, -0.15) is 0 Å². The van der Waals surface area contributed by atoms with Crippen molar-refractivity contribution < 1.29 is 14.6 Å². The van der Waals surface area contributed by atoms with Crippen LogP contribution in [0.25, 0.3) is 10.4 Å². The van der Waals surface area contributed by atoms with Crippen LogP contribution in [0.15, 0.2) is 5.11 Å². The van der Waals surface area contributed by atoms with Crippen molar-refractivity contribution in [3.63, 3.8) is 0 Å². The van der Waals surface area contributed by atoms with Gasteiger partial charge in [-0.3, -0.25) is 0 Å². The molecule has 2 unspecified atom stereocenters. The molecule has 7 nitrogen and oxygen atoms in total. The second kappa shape index (κ2) is 6.98. The number of piperidine rings is 1. The number of carbonyl (C=O) groups is 1. The predicted octanol–water partition coefficient (Wildman–Crippen LogP) is 1.67. The van der Waals surface area contributed by atoms with Crippen molar-refractivity contribution in [3.05, 3.63) is 10.4 Å². The van der Waals surface area contributed by atoms with Crippen LogP contribution in [-0.4, -0.2) is 47.9 Å². The number of unbranched alkanes of at least 4 members (excludes halogenated alkanes) is 1. The Labute approximate surface area is 100.0 Å². The molecule has 0 spiro atoms. The molecule has 0 aliphatic carbocycles. The zero-order valence-electron chi connectivity index (χ0n) is 9.95. The molecule has 0 aromatic carbocycles. The first-order valence-electron chi connectivity index (χ1n) is 5.81. The molecule has 0 bridgehead atoms. The predicted molar refractivity (Wildman–Crippen MR) is 61.4 cm³/mol. The number of hydrogen-bond donors (Lipinski definition) is 1. The summed E-state index contributed by atoms with van der Waals surface area (Å²) in [6.45, 7) is 2.94. The van der Waals surface area contributed by atoms with E-state index in [1.165, 1.54) is 4.90 Å². The van der Waals surface area contributed by atoms with Gasteiger partial charge in [0.15, 0.2) is 0 Å². The Morgan fingerprint density at radius 3 is 3.06 bits per heavy atom. The largest absolute Gasteiger partial charge is 0.449 e. The van der Waals surface area contributed by atoms with Crippen molar-refractivity contribution in [3.8, 4) is 0 Å². The van der Waals surface area contributed by atoms with E-state index in [9.17, 15) is 9.90 Å². The Balaban J connectivity index is 2.45. The van der Waals surface area contributed by atoms with E-state index in [0.29, 0.717) is 19.6 Å². The Kier molecular flexibility index (Phi) is 5.59. The Hall–Kier alpha value is -1.46. The molecule has 17 heavy (non-hydrogen) atoms. The van der Waals surface area contributed by atoms with E-state index in [-0.39, 0.29) is 12.6 Å². The third kappa shape index (κ3) is 4.50. The fourth-order valence-corrected chi connectivity index (χ4v) is 1.75. The maximum atomic E-state index is 11.6. The molecule has 0 saturated carbocycles. The molecule has 0 aromatic rings. The molecule has 1 aliphatic heterocycles. The summed E-state index contributed by atoms with van der Waals surface area (Å²) in [5, 5.41) is 13.1. The molecule has 1 heterocycles. The fraction of sp³-hybridized carbons (Fsp3) is 0.900. The minimum absolute atomic E-state index is 0.238. The molecule has 7 heteroatoms. The number of hydrogen-bond acceptors (Lipinski definition) is 4. The maximum Gasteiger partial charge on any atom is 0.409 e. The summed E-state index contributed by atoms with van der Waals surface area (Å²) in [7, 11) is 0. The van der Waals surface area contributed by atoms with Gasteiger partial charge in [0.05, 0.1) is 18.8 Å². The van der Waals surface area contributed by atoms with Gasteiger partial charge < -0.3 is 14.7 Å². The molecular weight excluding hydrogens is 224 g/mol. The summed E-state index contributed by atoms with van der Waals surface area (Å²) in [5.41, 5.74) is 8.34. The topological polar surface area (TPSA) is 98.5 Å². The molecule has 1 fully saturated rings. The summed E-state index contributed by atoms with van der Waals surface area (Å²) in [6, 6.07) is -0.373. The highest BCUT2D eigenvalue weighted by Crippen LogP contribution is 2.15. The smallest absolute Gasteiger partial charge is 0.409 e. The van der Waals surface area contributed by atoms with Crippen molar-refractivity contribution in [2.75, 3.05) is 19.7 Å². The van der Waals surface area contributed by atoms with Crippen LogP contribution >= 0.6 is 0 Å². The van der Waals surface area contributed by atoms with E-state index in [4.69, 9.17) is 10.3 Å². The first-order valence-corrected chi connectivity index (χ1v) is 5.81. The lowest BCUT2D eigenvalue weighted by Crippen LogP contribution is -2.48. The lowest BCUT2D eigenvalue weighted by Gasteiger charge is -2.32. The molecular formula is C10H18N4O3. The lowest BCUT2D eigenvalue weighted by atomic mass is 10.0. The van der Waals surface area contributed by atoms with Crippen molar-refractivity contribution >= 4 is 6.09 Å². The van der Waals surface area contributed by atoms with Crippen LogP contribution < -0.4 is 0 Å². The third-order valence-corrected chi connectivity index (χ3v) is 2.60. The van der Waals surface area contributed by atoms with Crippen LogP contribution in [0.2, 0.25) is 0 Å². The van der Waals surface area contributed by atoms with Crippen LogP contribution in [0.1, 0.15) is 26.2 Å². The molecule has 96 valence electrons. The highest BCUT2D eigenvalue weighted by atomic mass is 16.6. The molecule has 1 saturated heterocycles. The highest BCUT2D eigenvalue weighted by Gasteiger charge is 2.29. The second-order valence-corrected chi connectivity index (χ2v) is 4.12. The normalized spacial score (nSPS) is 24.0. The van der Waals surface area contributed by atoms with Crippen LogP contribution in [0.5, 0.6) is 0 Å². The standard InChI is InChI=1S/C10H18N4O3/c1-2-3-4-17-10(16)14-6-8(12-13-11)5-9(15)7-14/h8-9,15H,2-7H2,1H3. The van der Waals surface area contributed by atoms with Gasteiger partial charge >= 0.3 is 6.09 Å². The summed E-state index contributed by atoms with van der Waals surface area (Å²) < 4.78 is 5.04. The van der Waals surface area contributed by atoms with Gasteiger partial charge in [0.1, 0.15) is 0 Å². The molecule has 2 atom stereocenters. The van der Waals surface area contributed by atoms with Gasteiger partial charge in [-0.05, 0) is 18.4 Å². The van der Waals surface area contributed by atoms with Crippen LogP contribution in [0.3, 0.4) is 0 Å². The summed E-state index contributed by atoms with van der Waals surface area (Å²) >= 11 is 0. The van der Waals surface area contributed by atoms with E-state index < -0.39 is 12.2 Å². The van der Waals surface area contributed by atoms with Gasteiger partial charge in [0, 0.05) is 18.0 Å². The van der Waals surface area contributed by atoms with E-state index in [1.807, 2.05) is 6.92 Å². The SMILES string of the molecule is CCCCOC(=O)N1CC(O)CC(N=[N+]=[N-])C1. The van der Waals surface area contributed by atoms with Crippen molar-refractivity contribution in [1.29, 1.82) is 0 Å². The quantitative estimate of drug-likeness (QED) is 0.351. The Morgan fingerprint density at radius 1 is 1.65 bits per heavy atom. The number of amides is 1. The molecule has 0 radical (unpaired) electrons. The van der Waals surface area contributed by atoms with Crippen molar-refractivity contribution in [2.45, 2.75) is 38.3 Å². The van der Waals surface area contributed by atoms with Crippen molar-refractivity contribution in [1.82, 2.24) is 4.90 Å². The van der Waals surface area contributed by atoms with E-state index in [2.05, 4.69) is 10.0 Å².